The summed E-state index contributed by atoms with van der Waals surface area (Å²) >= 11 is 0. The topological polar surface area (TPSA) is 96.5 Å². The summed E-state index contributed by atoms with van der Waals surface area (Å²) in [5.41, 5.74) is 8.90. The Morgan fingerprint density at radius 2 is 1.41 bits per heavy atom. The molecule has 2 aromatic carbocycles. The number of nitrogen functional groups attached to an aromatic ring is 1. The van der Waals surface area contributed by atoms with Crippen molar-refractivity contribution in [2.45, 2.75) is 51.0 Å². The second-order valence-electron chi connectivity index (χ2n) is 8.90. The maximum atomic E-state index is 12.9. The van der Waals surface area contributed by atoms with E-state index in [0.29, 0.717) is 36.6 Å². The predicted molar refractivity (Wildman–Crippen MR) is 124 cm³/mol. The number of nitrogens with two attached hydrogens (primary N) is 1. The van der Waals surface area contributed by atoms with E-state index in [2.05, 4.69) is 0 Å². The number of benzene rings is 2. The summed E-state index contributed by atoms with van der Waals surface area (Å²) in [7, 11) is 0. The van der Waals surface area contributed by atoms with E-state index in [9.17, 15) is 9.59 Å². The van der Waals surface area contributed by atoms with Gasteiger partial charge in [-0.1, -0.05) is 36.4 Å². The van der Waals surface area contributed by atoms with Crippen molar-refractivity contribution in [3.8, 4) is 11.1 Å². The van der Waals surface area contributed by atoms with E-state index in [1.165, 1.54) is 0 Å². The average Bonchev–Trinajstić information content (AvgIpc) is 3.32. The molecule has 2 aromatic rings. The van der Waals surface area contributed by atoms with E-state index in [0.717, 1.165) is 49.7 Å². The van der Waals surface area contributed by atoms with Crippen LogP contribution in [0.3, 0.4) is 0 Å². The van der Waals surface area contributed by atoms with Crippen LogP contribution in [0.25, 0.3) is 11.1 Å². The second-order valence-corrected chi connectivity index (χ2v) is 8.90. The Labute approximate surface area is 189 Å². The van der Waals surface area contributed by atoms with Crippen molar-refractivity contribution >= 4 is 17.7 Å². The minimum Gasteiger partial charge on any atom is -0.462 e. The first-order chi connectivity index (χ1) is 15.5. The van der Waals surface area contributed by atoms with E-state index >= 15 is 0 Å². The van der Waals surface area contributed by atoms with E-state index < -0.39 is 0 Å². The molecule has 0 radical (unpaired) electrons. The highest BCUT2D eigenvalue weighted by Gasteiger charge is 2.27. The third-order valence-electron chi connectivity index (χ3n) is 6.62. The normalized spacial score (nSPS) is 17.3. The molecule has 1 aliphatic heterocycles. The number of amidine groups is 1. The van der Waals surface area contributed by atoms with Crippen molar-refractivity contribution in [1.29, 1.82) is 5.41 Å². The number of carbonyl (C=O) groups excluding carboxylic acids is 2. The molecule has 1 amide bonds. The maximum absolute atomic E-state index is 12.9. The van der Waals surface area contributed by atoms with Crippen LogP contribution >= 0.6 is 0 Å². The number of nitrogens with zero attached hydrogens (tertiary/aromatic N) is 1. The number of nitrogens with one attached hydrogen (secondary N) is 1. The molecule has 2 fully saturated rings. The predicted octanol–water partition coefficient (Wildman–Crippen LogP) is 4.37. The molecule has 4 rings (SSSR count). The molecule has 0 atom stereocenters. The Bertz CT molecular complexity index is 955. The average molecular weight is 434 g/mol. The smallest absolute Gasteiger partial charge is 0.306 e. The molecule has 0 bridgehead atoms. The van der Waals surface area contributed by atoms with Crippen molar-refractivity contribution < 1.29 is 14.3 Å². The SMILES string of the molecule is N=C(N)c1ccc(-c2ccc(C(=O)N3CCC(CC(=O)OC4CCCC4)CC3)cc2)cc1. The van der Waals surface area contributed by atoms with Crippen LogP contribution in [0.4, 0.5) is 0 Å². The quantitative estimate of drug-likeness (QED) is 0.402. The van der Waals surface area contributed by atoms with Gasteiger partial charge >= 0.3 is 5.97 Å². The molecule has 6 nitrogen and oxygen atoms in total. The summed E-state index contributed by atoms with van der Waals surface area (Å²) in [5.74, 6) is 0.310. The molecule has 1 saturated carbocycles. The number of hydrogen-bond acceptors (Lipinski definition) is 4. The largest absolute Gasteiger partial charge is 0.462 e. The summed E-state index contributed by atoms with van der Waals surface area (Å²) in [4.78, 5) is 27.0. The lowest BCUT2D eigenvalue weighted by Gasteiger charge is -2.32. The summed E-state index contributed by atoms with van der Waals surface area (Å²) in [6.07, 6.45) is 6.59. The number of rotatable bonds is 6. The number of carbonyl (C=O) groups is 2. The van der Waals surface area contributed by atoms with Crippen molar-refractivity contribution in [3.63, 3.8) is 0 Å². The Morgan fingerprint density at radius 1 is 0.875 bits per heavy atom. The monoisotopic (exact) mass is 433 g/mol. The first-order valence-corrected chi connectivity index (χ1v) is 11.5. The second kappa shape index (κ2) is 9.98. The van der Waals surface area contributed by atoms with Crippen LogP contribution in [-0.2, 0) is 9.53 Å². The van der Waals surface area contributed by atoms with Gasteiger partial charge in [0.25, 0.3) is 5.91 Å². The van der Waals surface area contributed by atoms with Crippen LogP contribution in [0, 0.1) is 11.3 Å². The van der Waals surface area contributed by atoms with E-state index in [-0.39, 0.29) is 23.8 Å². The van der Waals surface area contributed by atoms with Gasteiger partial charge in [-0.15, -0.1) is 0 Å². The van der Waals surface area contributed by atoms with Crippen molar-refractivity contribution in [3.05, 3.63) is 59.7 Å². The van der Waals surface area contributed by atoms with Crippen molar-refractivity contribution in [1.82, 2.24) is 4.90 Å². The van der Waals surface area contributed by atoms with Crippen molar-refractivity contribution in [2.75, 3.05) is 13.1 Å². The molecule has 1 saturated heterocycles. The lowest BCUT2D eigenvalue weighted by Crippen LogP contribution is -2.39. The first kappa shape index (κ1) is 22.1. The molecule has 1 heterocycles. The highest BCUT2D eigenvalue weighted by Crippen LogP contribution is 2.26. The molecule has 6 heteroatoms. The standard InChI is InChI=1S/C26H31N3O3/c27-25(28)21-9-5-19(6-10-21)20-7-11-22(12-8-20)26(31)29-15-13-18(14-16-29)17-24(30)32-23-3-1-2-4-23/h5-12,18,23H,1-4,13-17H2,(H3,27,28). The fraction of sp³-hybridized carbons (Fsp3) is 0.423. The van der Waals surface area contributed by atoms with Gasteiger partial charge in [0.05, 0.1) is 0 Å². The van der Waals surface area contributed by atoms with Gasteiger partial charge in [-0.05, 0) is 67.7 Å². The molecule has 0 aromatic heterocycles. The Balaban J connectivity index is 1.28. The highest BCUT2D eigenvalue weighted by molar-refractivity contribution is 5.96. The third-order valence-corrected chi connectivity index (χ3v) is 6.62. The molecule has 0 spiro atoms. The zero-order valence-electron chi connectivity index (χ0n) is 18.4. The highest BCUT2D eigenvalue weighted by atomic mass is 16.5. The summed E-state index contributed by atoms with van der Waals surface area (Å²) < 4.78 is 5.59. The van der Waals surface area contributed by atoms with Crippen LogP contribution in [0.2, 0.25) is 0 Å². The van der Waals surface area contributed by atoms with Crippen LogP contribution in [0.15, 0.2) is 48.5 Å². The van der Waals surface area contributed by atoms with E-state index in [1.54, 1.807) is 0 Å². The molecule has 3 N–H and O–H groups in total. The fourth-order valence-corrected chi connectivity index (χ4v) is 4.65. The molecule has 0 unspecified atom stereocenters. The molecule has 1 aliphatic carbocycles. The van der Waals surface area contributed by atoms with E-state index in [1.807, 2.05) is 53.4 Å². The van der Waals surface area contributed by atoms with Crippen LogP contribution in [-0.4, -0.2) is 41.8 Å². The zero-order valence-corrected chi connectivity index (χ0v) is 18.4. The number of hydrogen-bond donors (Lipinski definition) is 2. The van der Waals surface area contributed by atoms with Gasteiger partial charge in [0.1, 0.15) is 11.9 Å². The molecule has 2 aliphatic rings. The third kappa shape index (κ3) is 5.36. The Hall–Kier alpha value is -3.15. The van der Waals surface area contributed by atoms with Gasteiger partial charge in [-0.2, -0.15) is 0 Å². The van der Waals surface area contributed by atoms with Crippen LogP contribution in [0.5, 0.6) is 0 Å². The number of ether oxygens (including phenoxy) is 1. The number of amides is 1. The Kier molecular flexibility index (Phi) is 6.88. The minimum absolute atomic E-state index is 0.0375. The zero-order chi connectivity index (χ0) is 22.5. The van der Waals surface area contributed by atoms with Gasteiger partial charge in [0.15, 0.2) is 0 Å². The van der Waals surface area contributed by atoms with Gasteiger partial charge in [0.2, 0.25) is 0 Å². The van der Waals surface area contributed by atoms with Crippen molar-refractivity contribution in [2.24, 2.45) is 11.7 Å². The fourth-order valence-electron chi connectivity index (χ4n) is 4.65. The summed E-state index contributed by atoms with van der Waals surface area (Å²) in [5, 5.41) is 7.49. The number of piperidine rings is 1. The molecular weight excluding hydrogens is 402 g/mol. The molecular formula is C26H31N3O3. The lowest BCUT2D eigenvalue weighted by molar-refractivity contribution is -0.150. The maximum Gasteiger partial charge on any atom is 0.306 e. The number of likely N-dealkylation sites (tertiary alicyclic amines) is 1. The van der Waals surface area contributed by atoms with Gasteiger partial charge in [-0.25, -0.2) is 0 Å². The Morgan fingerprint density at radius 3 is 1.94 bits per heavy atom. The first-order valence-electron chi connectivity index (χ1n) is 11.5. The minimum atomic E-state index is -0.0754. The number of esters is 1. The van der Waals surface area contributed by atoms with Crippen LogP contribution < -0.4 is 5.73 Å². The lowest BCUT2D eigenvalue weighted by atomic mass is 9.93. The molecule has 32 heavy (non-hydrogen) atoms. The molecule has 168 valence electrons. The van der Waals surface area contributed by atoms with Gasteiger partial charge < -0.3 is 15.4 Å². The van der Waals surface area contributed by atoms with Gasteiger partial charge in [-0.3, -0.25) is 15.0 Å². The van der Waals surface area contributed by atoms with Gasteiger partial charge in [0, 0.05) is 30.6 Å². The summed E-state index contributed by atoms with van der Waals surface area (Å²) in [6.45, 7) is 1.35. The van der Waals surface area contributed by atoms with Crippen LogP contribution in [0.1, 0.15) is 60.9 Å². The summed E-state index contributed by atoms with van der Waals surface area (Å²) in [6, 6.07) is 15.1. The van der Waals surface area contributed by atoms with E-state index in [4.69, 9.17) is 15.9 Å².